The predicted octanol–water partition coefficient (Wildman–Crippen LogP) is 2.61. The van der Waals surface area contributed by atoms with Crippen LogP contribution >= 0.6 is 11.6 Å². The van der Waals surface area contributed by atoms with E-state index in [9.17, 15) is 13.6 Å². The van der Waals surface area contributed by atoms with Gasteiger partial charge in [-0.15, -0.1) is 0 Å². The van der Waals surface area contributed by atoms with Gasteiger partial charge in [-0.3, -0.25) is 9.78 Å². The van der Waals surface area contributed by atoms with Crippen LogP contribution in [0.25, 0.3) is 0 Å². The van der Waals surface area contributed by atoms with Gasteiger partial charge in [-0.1, -0.05) is 11.6 Å². The number of aliphatic carboxylic acids is 1. The fourth-order valence-electron chi connectivity index (χ4n) is 1.27. The molecule has 82 valence electrons. The Balaban J connectivity index is 3.31. The molecule has 0 bridgehead atoms. The molecule has 1 heterocycles. The van der Waals surface area contributed by atoms with Gasteiger partial charge in [0, 0.05) is 17.5 Å². The lowest BCUT2D eigenvalue weighted by Crippen LogP contribution is -2.07. The van der Waals surface area contributed by atoms with Gasteiger partial charge in [0.1, 0.15) is 0 Å². The highest BCUT2D eigenvalue weighted by Gasteiger charge is 2.21. The second-order valence-corrected chi connectivity index (χ2v) is 3.36. The van der Waals surface area contributed by atoms with Crippen LogP contribution in [0, 0.1) is 6.92 Å². The molecule has 1 N–H and O–H groups in total. The summed E-state index contributed by atoms with van der Waals surface area (Å²) in [7, 11) is 0. The van der Waals surface area contributed by atoms with E-state index in [0.29, 0.717) is 0 Å². The normalized spacial score (nSPS) is 10.7. The van der Waals surface area contributed by atoms with E-state index >= 15 is 0 Å². The van der Waals surface area contributed by atoms with E-state index in [1.807, 2.05) is 0 Å². The predicted molar refractivity (Wildman–Crippen MR) is 50.3 cm³/mol. The number of aromatic nitrogens is 1. The highest BCUT2D eigenvalue weighted by Crippen LogP contribution is 2.30. The number of hydrogen-bond donors (Lipinski definition) is 1. The molecule has 6 heteroatoms. The number of carboxylic acid groups (broad SMARTS) is 1. The summed E-state index contributed by atoms with van der Waals surface area (Å²) < 4.78 is 25.3. The largest absolute Gasteiger partial charge is 0.481 e. The number of rotatable bonds is 3. The molecule has 0 aromatic carbocycles. The third kappa shape index (κ3) is 2.62. The summed E-state index contributed by atoms with van der Waals surface area (Å²) in [5, 5.41) is 8.52. The van der Waals surface area contributed by atoms with Crippen molar-refractivity contribution in [1.29, 1.82) is 0 Å². The molecule has 0 unspecified atom stereocenters. The average Bonchev–Trinajstić information content (AvgIpc) is 2.10. The molecule has 0 radical (unpaired) electrons. The summed E-state index contributed by atoms with van der Waals surface area (Å²) in [5.74, 6) is -1.20. The number of pyridine rings is 1. The summed E-state index contributed by atoms with van der Waals surface area (Å²) in [6, 6.07) is 0. The summed E-state index contributed by atoms with van der Waals surface area (Å²) in [6.45, 7) is 1.39. The second-order valence-electron chi connectivity index (χ2n) is 2.95. The maximum Gasteiger partial charge on any atom is 0.307 e. The summed E-state index contributed by atoms with van der Waals surface area (Å²) in [5.41, 5.74) is -0.345. The van der Waals surface area contributed by atoms with E-state index in [-0.39, 0.29) is 21.8 Å². The fourth-order valence-corrected chi connectivity index (χ4v) is 1.49. The minimum Gasteiger partial charge on any atom is -0.481 e. The van der Waals surface area contributed by atoms with Crippen molar-refractivity contribution in [2.45, 2.75) is 19.8 Å². The van der Waals surface area contributed by atoms with Crippen LogP contribution in [0.4, 0.5) is 8.78 Å². The maximum absolute atomic E-state index is 12.6. The minimum atomic E-state index is -2.77. The van der Waals surface area contributed by atoms with Gasteiger partial charge in [-0.2, -0.15) is 0 Å². The molecule has 0 aliphatic rings. The van der Waals surface area contributed by atoms with Crippen LogP contribution in [-0.4, -0.2) is 16.1 Å². The van der Waals surface area contributed by atoms with Gasteiger partial charge in [-0.25, -0.2) is 8.78 Å². The van der Waals surface area contributed by atoms with Crippen molar-refractivity contribution >= 4 is 17.6 Å². The topological polar surface area (TPSA) is 50.2 Å². The Hall–Kier alpha value is -1.23. The molecule has 0 saturated carbocycles. The van der Waals surface area contributed by atoms with Crippen molar-refractivity contribution < 1.29 is 18.7 Å². The molecule has 0 aliphatic carbocycles. The van der Waals surface area contributed by atoms with Gasteiger partial charge in [0.2, 0.25) is 0 Å². The third-order valence-electron chi connectivity index (χ3n) is 1.92. The van der Waals surface area contributed by atoms with Crippen LogP contribution in [0.2, 0.25) is 5.02 Å². The first-order valence-corrected chi connectivity index (χ1v) is 4.45. The Morgan fingerprint density at radius 1 is 1.67 bits per heavy atom. The Kier molecular flexibility index (Phi) is 3.57. The van der Waals surface area contributed by atoms with E-state index < -0.39 is 18.8 Å². The Bertz CT molecular complexity index is 396. The van der Waals surface area contributed by atoms with Crippen LogP contribution in [0.3, 0.4) is 0 Å². The van der Waals surface area contributed by atoms with Crippen molar-refractivity contribution in [2.24, 2.45) is 0 Å². The third-order valence-corrected chi connectivity index (χ3v) is 2.25. The lowest BCUT2D eigenvalue weighted by molar-refractivity contribution is -0.136. The first-order valence-electron chi connectivity index (χ1n) is 4.07. The lowest BCUT2D eigenvalue weighted by Gasteiger charge is -2.11. The first-order chi connectivity index (χ1) is 6.93. The van der Waals surface area contributed by atoms with Gasteiger partial charge < -0.3 is 5.11 Å². The number of aryl methyl sites for hydroxylation is 1. The van der Waals surface area contributed by atoms with E-state index in [1.54, 1.807) is 0 Å². The minimum absolute atomic E-state index is 0.0432. The smallest absolute Gasteiger partial charge is 0.307 e. The van der Waals surface area contributed by atoms with E-state index in [0.717, 1.165) is 0 Å². The first kappa shape index (κ1) is 11.8. The van der Waals surface area contributed by atoms with Gasteiger partial charge in [-0.05, 0) is 12.5 Å². The van der Waals surface area contributed by atoms with Crippen LogP contribution in [0.1, 0.15) is 23.2 Å². The summed E-state index contributed by atoms with van der Waals surface area (Å²) >= 11 is 5.63. The molecule has 0 fully saturated rings. The van der Waals surface area contributed by atoms with E-state index in [4.69, 9.17) is 16.7 Å². The standard InChI is InChI=1S/C9H8ClF2NO2/c1-4-8(9(11)12)5(2-7(14)15)6(10)3-13-4/h3,9H,2H2,1H3,(H,14,15). The number of hydrogen-bond acceptors (Lipinski definition) is 2. The van der Waals surface area contributed by atoms with E-state index in [1.165, 1.54) is 13.1 Å². The molecule has 1 aromatic heterocycles. The van der Waals surface area contributed by atoms with Gasteiger partial charge in [0.15, 0.2) is 0 Å². The van der Waals surface area contributed by atoms with Crippen molar-refractivity contribution in [3.05, 3.63) is 28.0 Å². The molecule has 0 atom stereocenters. The summed E-state index contributed by atoms with van der Waals surface area (Å²) in [4.78, 5) is 14.1. The monoisotopic (exact) mass is 235 g/mol. The zero-order valence-corrected chi connectivity index (χ0v) is 8.55. The Morgan fingerprint density at radius 3 is 2.73 bits per heavy atom. The van der Waals surface area contributed by atoms with Gasteiger partial charge in [0.25, 0.3) is 6.43 Å². The average molecular weight is 236 g/mol. The number of nitrogens with zero attached hydrogens (tertiary/aromatic N) is 1. The number of alkyl halides is 2. The van der Waals surface area contributed by atoms with Crippen molar-refractivity contribution in [3.63, 3.8) is 0 Å². The van der Waals surface area contributed by atoms with Crippen LogP contribution < -0.4 is 0 Å². The molecule has 15 heavy (non-hydrogen) atoms. The highest BCUT2D eigenvalue weighted by atomic mass is 35.5. The zero-order chi connectivity index (χ0) is 11.6. The zero-order valence-electron chi connectivity index (χ0n) is 7.80. The Labute approximate surface area is 89.7 Å². The van der Waals surface area contributed by atoms with Crippen LogP contribution in [0.15, 0.2) is 6.20 Å². The highest BCUT2D eigenvalue weighted by molar-refractivity contribution is 6.31. The second kappa shape index (κ2) is 4.53. The molecule has 1 aromatic rings. The van der Waals surface area contributed by atoms with Crippen molar-refractivity contribution in [1.82, 2.24) is 4.98 Å². The molecule has 1 rings (SSSR count). The lowest BCUT2D eigenvalue weighted by atomic mass is 10.0. The molecule has 3 nitrogen and oxygen atoms in total. The maximum atomic E-state index is 12.6. The van der Waals surface area contributed by atoms with Crippen molar-refractivity contribution in [3.8, 4) is 0 Å². The SMILES string of the molecule is Cc1ncc(Cl)c(CC(=O)O)c1C(F)F. The van der Waals surface area contributed by atoms with Crippen LogP contribution in [0.5, 0.6) is 0 Å². The molecule has 0 spiro atoms. The van der Waals surface area contributed by atoms with Gasteiger partial charge >= 0.3 is 5.97 Å². The van der Waals surface area contributed by atoms with Crippen LogP contribution in [-0.2, 0) is 11.2 Å². The van der Waals surface area contributed by atoms with E-state index in [2.05, 4.69) is 4.98 Å². The molecule has 0 aliphatic heterocycles. The summed E-state index contributed by atoms with van der Waals surface area (Å²) in [6.07, 6.45) is -2.12. The number of carboxylic acids is 1. The Morgan fingerprint density at radius 2 is 2.27 bits per heavy atom. The molecular formula is C9H8ClF2NO2. The molecular weight excluding hydrogens is 228 g/mol. The number of carbonyl (C=O) groups is 1. The van der Waals surface area contributed by atoms with Crippen molar-refractivity contribution in [2.75, 3.05) is 0 Å². The van der Waals surface area contributed by atoms with Gasteiger partial charge in [0.05, 0.1) is 11.4 Å². The fraction of sp³-hybridized carbons (Fsp3) is 0.333. The molecule has 0 saturated heterocycles. The molecule has 0 amide bonds. The quantitative estimate of drug-likeness (QED) is 0.876. The number of halogens is 3.